The minimum absolute atomic E-state index is 0.0516. The summed E-state index contributed by atoms with van der Waals surface area (Å²) in [5, 5.41) is 27.1. The zero-order valence-electron chi connectivity index (χ0n) is 20.0. The smallest absolute Gasteiger partial charge is 0.151 e. The first kappa shape index (κ1) is 15.8. The lowest BCUT2D eigenvalue weighted by molar-refractivity contribution is 0.219. The van der Waals surface area contributed by atoms with E-state index >= 15 is 0 Å². The Kier molecular flexibility index (Phi) is 4.08. The van der Waals surface area contributed by atoms with Crippen LogP contribution in [0.1, 0.15) is 36.2 Å². The molecular formula is C23H28N6O. The van der Waals surface area contributed by atoms with E-state index < -0.39 is 6.98 Å². The van der Waals surface area contributed by atoms with Gasteiger partial charge in [0.2, 0.25) is 0 Å². The van der Waals surface area contributed by atoms with Crippen molar-refractivity contribution in [3.05, 3.63) is 42.7 Å². The summed E-state index contributed by atoms with van der Waals surface area (Å²) in [6, 6.07) is 10.6. The van der Waals surface area contributed by atoms with Crippen molar-refractivity contribution >= 4 is 5.82 Å². The quantitative estimate of drug-likeness (QED) is 0.690. The lowest BCUT2D eigenvalue weighted by Gasteiger charge is -2.43. The Bertz CT molecular complexity index is 1120. The number of phenols is 1. The molecular weight excluding hydrogens is 376 g/mol. The van der Waals surface area contributed by atoms with Gasteiger partial charge in [-0.05, 0) is 55.5 Å². The third kappa shape index (κ3) is 3.65. The van der Waals surface area contributed by atoms with E-state index in [9.17, 15) is 5.11 Å². The molecule has 0 saturated carbocycles. The number of rotatable bonds is 4. The van der Waals surface area contributed by atoms with Crippen LogP contribution in [0.3, 0.4) is 0 Å². The highest BCUT2D eigenvalue weighted by Crippen LogP contribution is 2.33. The second kappa shape index (κ2) is 7.72. The highest BCUT2D eigenvalue weighted by Gasteiger charge is 2.33. The van der Waals surface area contributed by atoms with Crippen LogP contribution >= 0.6 is 0 Å². The molecule has 5 rings (SSSR count). The highest BCUT2D eigenvalue weighted by atomic mass is 16.3. The number of anilines is 1. The predicted molar refractivity (Wildman–Crippen MR) is 117 cm³/mol. The van der Waals surface area contributed by atoms with Gasteiger partial charge in [0.1, 0.15) is 5.75 Å². The number of hydrogen-bond donors (Lipinski definition) is 2. The van der Waals surface area contributed by atoms with Crippen LogP contribution in [0.5, 0.6) is 5.75 Å². The standard InChI is InChI=1S/C23H28N6O/c1-28-14-16(13-24-28)15-6-7-20(22(30)10-15)21-8-9-23(27-26-21)29(2)19-11-17-4-3-5-18(12-19)25-17/h6-10,13-14,17-19,25,30H,3-5,11-12H2,1-2H3/t17-,18+,19?/i1D3. The lowest BCUT2D eigenvalue weighted by atomic mass is 9.83. The van der Waals surface area contributed by atoms with Crippen molar-refractivity contribution in [2.24, 2.45) is 6.98 Å². The normalized spacial score (nSPS) is 25.2. The van der Waals surface area contributed by atoms with Crippen LogP contribution in [-0.2, 0) is 6.98 Å². The second-order valence-electron chi connectivity index (χ2n) is 8.41. The number of piperidine rings is 2. The molecule has 2 fully saturated rings. The summed E-state index contributed by atoms with van der Waals surface area (Å²) in [4.78, 5) is 2.23. The summed E-state index contributed by atoms with van der Waals surface area (Å²) in [6.07, 6.45) is 8.97. The van der Waals surface area contributed by atoms with Crippen molar-refractivity contribution in [2.45, 2.75) is 50.2 Å². The molecule has 0 aliphatic carbocycles. The van der Waals surface area contributed by atoms with Gasteiger partial charge < -0.3 is 15.3 Å². The van der Waals surface area contributed by atoms with E-state index in [-0.39, 0.29) is 5.75 Å². The van der Waals surface area contributed by atoms with E-state index in [1.165, 1.54) is 31.7 Å². The van der Waals surface area contributed by atoms with Gasteiger partial charge in [0.25, 0.3) is 0 Å². The molecule has 3 aromatic rings. The maximum atomic E-state index is 10.6. The first-order chi connectivity index (χ1) is 15.8. The van der Waals surface area contributed by atoms with Crippen LogP contribution in [0.2, 0.25) is 0 Å². The number of hydrogen-bond acceptors (Lipinski definition) is 6. The molecule has 30 heavy (non-hydrogen) atoms. The van der Waals surface area contributed by atoms with Crippen LogP contribution in [0.15, 0.2) is 42.7 Å². The maximum Gasteiger partial charge on any atom is 0.151 e. The van der Waals surface area contributed by atoms with Crippen molar-refractivity contribution in [3.63, 3.8) is 0 Å². The SMILES string of the molecule is [2H]C([2H])([2H])n1cc(-c2ccc(-c3ccc(N(C)C4C[C@H]5CCC[C@@H](C4)N5)nn3)c(O)c2)cn1. The van der Waals surface area contributed by atoms with Gasteiger partial charge in [-0.2, -0.15) is 5.10 Å². The third-order valence-corrected chi connectivity index (χ3v) is 6.44. The second-order valence-corrected chi connectivity index (χ2v) is 8.41. The van der Waals surface area contributed by atoms with E-state index in [4.69, 9.17) is 4.11 Å². The summed E-state index contributed by atoms with van der Waals surface area (Å²) in [7, 11) is 2.08. The monoisotopic (exact) mass is 407 g/mol. The van der Waals surface area contributed by atoms with Crippen molar-refractivity contribution in [3.8, 4) is 28.1 Å². The largest absolute Gasteiger partial charge is 0.507 e. The number of fused-ring (bicyclic) bond motifs is 2. The average molecular weight is 408 g/mol. The van der Waals surface area contributed by atoms with Crippen LogP contribution in [-0.4, -0.2) is 50.3 Å². The van der Waals surface area contributed by atoms with Crippen molar-refractivity contribution < 1.29 is 9.22 Å². The van der Waals surface area contributed by atoms with Crippen LogP contribution < -0.4 is 10.2 Å². The molecule has 7 heteroatoms. The maximum absolute atomic E-state index is 10.6. The fourth-order valence-electron chi connectivity index (χ4n) is 4.80. The molecule has 2 N–H and O–H groups in total. The molecule has 3 atom stereocenters. The van der Waals surface area contributed by atoms with Crippen molar-refractivity contribution in [1.82, 2.24) is 25.3 Å². The molecule has 4 heterocycles. The summed E-state index contributed by atoms with van der Waals surface area (Å²) in [6.45, 7) is -2.34. The topological polar surface area (TPSA) is 79.1 Å². The molecule has 2 aliphatic rings. The molecule has 7 nitrogen and oxygen atoms in total. The summed E-state index contributed by atoms with van der Waals surface area (Å²) in [5.74, 6) is 0.882. The van der Waals surface area contributed by atoms with Crippen molar-refractivity contribution in [2.75, 3.05) is 11.9 Å². The minimum Gasteiger partial charge on any atom is -0.507 e. The van der Waals surface area contributed by atoms with Gasteiger partial charge in [-0.1, -0.05) is 12.5 Å². The summed E-state index contributed by atoms with van der Waals surface area (Å²) < 4.78 is 23.3. The molecule has 2 aromatic heterocycles. The van der Waals surface area contributed by atoms with E-state index in [1.807, 2.05) is 18.2 Å². The Balaban J connectivity index is 1.32. The lowest BCUT2D eigenvalue weighted by Crippen LogP contribution is -2.54. The van der Waals surface area contributed by atoms with Crippen LogP contribution in [0, 0.1) is 0 Å². The molecule has 1 unspecified atom stereocenters. The first-order valence-electron chi connectivity index (χ1n) is 12.0. The van der Waals surface area contributed by atoms with E-state index in [2.05, 4.69) is 32.6 Å². The number of aromatic hydroxyl groups is 1. The summed E-state index contributed by atoms with van der Waals surface area (Å²) in [5.41, 5.74) is 2.44. The van der Waals surface area contributed by atoms with E-state index in [0.717, 1.165) is 23.3 Å². The number of phenolic OH excluding ortho intramolecular Hbond substituents is 1. The number of aryl methyl sites for hydroxylation is 1. The predicted octanol–water partition coefficient (Wildman–Crippen LogP) is 3.36. The van der Waals surface area contributed by atoms with E-state index in [0.29, 0.717) is 40.5 Å². The molecule has 2 aliphatic heterocycles. The Morgan fingerprint density at radius 3 is 2.63 bits per heavy atom. The average Bonchev–Trinajstić information content (AvgIpc) is 3.29. The molecule has 2 bridgehead atoms. The fourth-order valence-corrected chi connectivity index (χ4v) is 4.80. The van der Waals surface area contributed by atoms with Crippen molar-refractivity contribution in [1.29, 1.82) is 0 Å². The molecule has 156 valence electrons. The first-order valence-corrected chi connectivity index (χ1v) is 10.5. The van der Waals surface area contributed by atoms with Gasteiger partial charge in [0.15, 0.2) is 5.82 Å². The number of benzene rings is 1. The Morgan fingerprint density at radius 2 is 1.97 bits per heavy atom. The van der Waals surface area contributed by atoms with E-state index in [1.54, 1.807) is 12.1 Å². The molecule has 2 saturated heterocycles. The minimum atomic E-state index is -2.34. The van der Waals surface area contributed by atoms with Gasteiger partial charge in [0, 0.05) is 53.6 Å². The molecule has 0 amide bonds. The number of nitrogens with zero attached hydrogens (tertiary/aromatic N) is 5. The number of aromatic nitrogens is 4. The zero-order chi connectivity index (χ0) is 23.2. The van der Waals surface area contributed by atoms with Gasteiger partial charge in [-0.15, -0.1) is 10.2 Å². The highest BCUT2D eigenvalue weighted by molar-refractivity contribution is 5.73. The van der Waals surface area contributed by atoms with Gasteiger partial charge in [-0.25, -0.2) is 0 Å². The van der Waals surface area contributed by atoms with Gasteiger partial charge >= 0.3 is 0 Å². The molecule has 1 aromatic carbocycles. The number of nitrogens with one attached hydrogen (secondary N) is 1. The molecule has 0 radical (unpaired) electrons. The summed E-state index contributed by atoms with van der Waals surface area (Å²) >= 11 is 0. The Hall–Kier alpha value is -2.93. The van der Waals surface area contributed by atoms with Gasteiger partial charge in [0.05, 0.1) is 11.9 Å². The third-order valence-electron chi connectivity index (χ3n) is 6.44. The zero-order valence-corrected chi connectivity index (χ0v) is 17.0. The Morgan fingerprint density at radius 1 is 1.13 bits per heavy atom. The van der Waals surface area contributed by atoms with Crippen LogP contribution in [0.4, 0.5) is 5.82 Å². The van der Waals surface area contributed by atoms with Gasteiger partial charge in [-0.3, -0.25) is 4.68 Å². The molecule has 0 spiro atoms. The Labute approximate surface area is 181 Å². The van der Waals surface area contributed by atoms with Crippen LogP contribution in [0.25, 0.3) is 22.4 Å². The fraction of sp³-hybridized carbons (Fsp3) is 0.435.